The fraction of sp³-hybridized carbons (Fsp3) is 0.545. The molecule has 0 heterocycles. The van der Waals surface area contributed by atoms with Crippen molar-refractivity contribution in [1.82, 2.24) is 16.3 Å². The maximum atomic E-state index is 5.56. The molecule has 3 unspecified atom stereocenters. The molecule has 1 aliphatic rings. The molecule has 3 rings (SSSR count). The third kappa shape index (κ3) is 10.2. The van der Waals surface area contributed by atoms with Crippen molar-refractivity contribution in [2.75, 3.05) is 30.9 Å². The fourth-order valence-electron chi connectivity index (χ4n) is 5.10. The summed E-state index contributed by atoms with van der Waals surface area (Å²) in [6, 6.07) is 13.4. The van der Waals surface area contributed by atoms with Crippen molar-refractivity contribution in [2.24, 2.45) is 27.8 Å². The quantitative estimate of drug-likeness (QED) is 0.0621. The molecule has 1 aliphatic carbocycles. The van der Waals surface area contributed by atoms with E-state index >= 15 is 0 Å². The first kappa shape index (κ1) is 33.7. The second kappa shape index (κ2) is 15.6. The van der Waals surface area contributed by atoms with Gasteiger partial charge in [-0.3, -0.25) is 10.4 Å². The van der Waals surface area contributed by atoms with Crippen LogP contribution >= 0.6 is 12.2 Å². The number of amidine groups is 1. The molecule has 0 radical (unpaired) electrons. The number of hydrogen-bond acceptors (Lipinski definition) is 6. The van der Waals surface area contributed by atoms with Crippen LogP contribution in [0.15, 0.2) is 46.5 Å². The summed E-state index contributed by atoms with van der Waals surface area (Å²) in [7, 11) is 4.10. The molecule has 230 valence electrons. The number of anilines is 2. The zero-order valence-corrected chi connectivity index (χ0v) is 28.4. The van der Waals surface area contributed by atoms with Crippen LogP contribution in [0.25, 0.3) is 0 Å². The number of aliphatic imine (C=N–C) groups is 1. The van der Waals surface area contributed by atoms with Gasteiger partial charge < -0.3 is 28.3 Å². The van der Waals surface area contributed by atoms with E-state index in [9.17, 15) is 0 Å². The van der Waals surface area contributed by atoms with Gasteiger partial charge in [0.05, 0.1) is 5.69 Å². The zero-order valence-electron chi connectivity index (χ0n) is 26.8. The topological polar surface area (TPSA) is 76.1 Å². The first-order valence-electron chi connectivity index (χ1n) is 15.2. The summed E-state index contributed by atoms with van der Waals surface area (Å²) < 4.78 is 0. The molecule has 3 atom stereocenters. The smallest absolute Gasteiger partial charge is 0.191 e. The molecule has 4 N–H and O–H groups in total. The van der Waals surface area contributed by atoms with Gasteiger partial charge in [-0.15, -0.1) is 0 Å². The summed E-state index contributed by atoms with van der Waals surface area (Å²) in [6.07, 6.45) is 4.14. The highest BCUT2D eigenvalue weighted by atomic mass is 32.1. The summed E-state index contributed by atoms with van der Waals surface area (Å²) in [5, 5.41) is 8.62. The number of benzene rings is 2. The molecule has 0 saturated heterocycles. The van der Waals surface area contributed by atoms with Crippen molar-refractivity contribution >= 4 is 58.4 Å². The van der Waals surface area contributed by atoms with Gasteiger partial charge in [-0.2, -0.15) is 5.10 Å². The molecule has 1 saturated carbocycles. The Hall–Kier alpha value is -2.75. The number of nitrogens with one attached hydrogen (secondary N) is 4. The number of hydrogen-bond donors (Lipinski definition) is 4. The number of thiocarbonyl (C=S) groups is 1. The van der Waals surface area contributed by atoms with E-state index in [4.69, 9.17) is 29.8 Å². The zero-order chi connectivity index (χ0) is 31.0. The predicted octanol–water partition coefficient (Wildman–Crippen LogP) is 7.39. The molecule has 0 amide bonds. The Morgan fingerprint density at radius 2 is 1.76 bits per heavy atom. The van der Waals surface area contributed by atoms with Gasteiger partial charge in [-0.05, 0) is 101 Å². The van der Waals surface area contributed by atoms with Gasteiger partial charge in [-0.1, -0.05) is 66.7 Å². The van der Waals surface area contributed by atoms with Crippen LogP contribution in [0.4, 0.5) is 17.1 Å². The Balaban J connectivity index is 1.74. The highest BCUT2D eigenvalue weighted by molar-refractivity contribution is 7.80. The van der Waals surface area contributed by atoms with Crippen LogP contribution in [0.5, 0.6) is 0 Å². The Labute approximate surface area is 264 Å². The van der Waals surface area contributed by atoms with Gasteiger partial charge in [-0.25, -0.2) is 5.43 Å². The van der Waals surface area contributed by atoms with Crippen molar-refractivity contribution in [3.63, 3.8) is 0 Å². The first-order valence-corrected chi connectivity index (χ1v) is 16.0. The molecular weight excluding hydrogens is 559 g/mol. The minimum Gasteiger partial charge on any atom is -0.741 e. The van der Waals surface area contributed by atoms with Crippen molar-refractivity contribution in [3.05, 3.63) is 53.1 Å². The summed E-state index contributed by atoms with van der Waals surface area (Å²) in [5.74, 6) is 2.77. The third-order valence-corrected chi connectivity index (χ3v) is 7.87. The van der Waals surface area contributed by atoms with Crippen LogP contribution in [0.1, 0.15) is 95.8 Å². The number of rotatable bonds is 13. The molecule has 7 nitrogen and oxygen atoms in total. The number of hydrazine groups is 1. The fourth-order valence-corrected chi connectivity index (χ4v) is 5.43. The van der Waals surface area contributed by atoms with E-state index < -0.39 is 0 Å². The van der Waals surface area contributed by atoms with E-state index in [0.29, 0.717) is 45.8 Å². The Morgan fingerprint density at radius 3 is 2.40 bits per heavy atom. The van der Waals surface area contributed by atoms with E-state index in [1.807, 2.05) is 6.21 Å². The molecule has 0 bridgehead atoms. The van der Waals surface area contributed by atoms with Crippen molar-refractivity contribution in [3.8, 4) is 0 Å². The third-order valence-electron chi connectivity index (χ3n) is 7.48. The van der Waals surface area contributed by atoms with Crippen molar-refractivity contribution in [1.29, 1.82) is 0 Å². The second-order valence-electron chi connectivity index (χ2n) is 12.8. The van der Waals surface area contributed by atoms with Crippen molar-refractivity contribution < 1.29 is 0 Å². The highest BCUT2D eigenvalue weighted by Crippen LogP contribution is 2.53. The van der Waals surface area contributed by atoms with Crippen LogP contribution in [-0.2, 0) is 12.6 Å². The van der Waals surface area contributed by atoms with Crippen LogP contribution in [0.3, 0.4) is 0 Å². The lowest BCUT2D eigenvalue weighted by molar-refractivity contribution is 0.535. The Morgan fingerprint density at radius 1 is 1.05 bits per heavy atom. The minimum atomic E-state index is 0.353. The SMILES string of the molecule is CC(C)/C=N/NC(=S)Nc1cc(N(C)C)ccc1C(C)CC1CC1c1ccc(C(C)C)c(N=C([S-])NNCC(C)C)c1. The predicted molar refractivity (Wildman–Crippen MR) is 188 cm³/mol. The lowest BCUT2D eigenvalue weighted by Crippen LogP contribution is -2.38. The van der Waals surface area contributed by atoms with E-state index in [1.54, 1.807) is 0 Å². The average Bonchev–Trinajstić information content (AvgIpc) is 3.66. The Bertz CT molecular complexity index is 1250. The van der Waals surface area contributed by atoms with Gasteiger partial charge in [0.25, 0.3) is 0 Å². The van der Waals surface area contributed by atoms with Gasteiger partial charge in [0.15, 0.2) is 5.11 Å². The first-order chi connectivity index (χ1) is 19.8. The van der Waals surface area contributed by atoms with E-state index in [-0.39, 0.29) is 0 Å². The van der Waals surface area contributed by atoms with Crippen LogP contribution < -0.4 is 26.5 Å². The summed E-state index contributed by atoms with van der Waals surface area (Å²) in [4.78, 5) is 6.90. The van der Waals surface area contributed by atoms with Crippen molar-refractivity contribution in [2.45, 2.75) is 79.1 Å². The van der Waals surface area contributed by atoms with Gasteiger partial charge in [0, 0.05) is 38.2 Å². The van der Waals surface area contributed by atoms with E-state index in [0.717, 1.165) is 30.0 Å². The van der Waals surface area contributed by atoms with Gasteiger partial charge in [0.2, 0.25) is 0 Å². The lowest BCUT2D eigenvalue weighted by atomic mass is 9.91. The number of nitrogens with zero attached hydrogens (tertiary/aromatic N) is 3. The molecule has 0 spiro atoms. The normalized spacial score (nSPS) is 17.7. The van der Waals surface area contributed by atoms with E-state index in [1.165, 1.54) is 23.1 Å². The largest absolute Gasteiger partial charge is 0.741 e. The molecule has 2 aromatic carbocycles. The molecule has 0 aliphatic heterocycles. The molecule has 42 heavy (non-hydrogen) atoms. The van der Waals surface area contributed by atoms with Crippen LogP contribution in [-0.4, -0.2) is 37.1 Å². The standard InChI is InChI=1S/C33H51N7S2/c1-20(2)18-34-38-32(41)36-30-16-24(10-12-27(30)22(5)6)29-15-25(29)14-23(7)28-13-11-26(40(8)9)17-31(28)37-33(42)39-35-19-21(3)4/h10-13,16-17,19-23,25,29,34H,14-15,18H2,1-9H3,(H2,36,38,41)(H2,37,39,42)/p-1/b35-19+. The average molecular weight is 609 g/mol. The lowest BCUT2D eigenvalue weighted by Gasteiger charge is -2.21. The molecule has 0 aromatic heterocycles. The summed E-state index contributed by atoms with van der Waals surface area (Å²) >= 11 is 11.1. The summed E-state index contributed by atoms with van der Waals surface area (Å²) in [5.41, 5.74) is 16.2. The Kier molecular flexibility index (Phi) is 12.6. The van der Waals surface area contributed by atoms with E-state index in [2.05, 4.69) is 131 Å². The van der Waals surface area contributed by atoms with Crippen LogP contribution in [0.2, 0.25) is 0 Å². The maximum Gasteiger partial charge on any atom is 0.191 e. The second-order valence-corrected chi connectivity index (χ2v) is 13.6. The molecule has 1 fully saturated rings. The minimum absolute atomic E-state index is 0.353. The van der Waals surface area contributed by atoms with Gasteiger partial charge in [0.1, 0.15) is 0 Å². The monoisotopic (exact) mass is 608 g/mol. The summed E-state index contributed by atoms with van der Waals surface area (Å²) in [6.45, 7) is 16.0. The van der Waals surface area contributed by atoms with Gasteiger partial charge >= 0.3 is 0 Å². The highest BCUT2D eigenvalue weighted by Gasteiger charge is 2.39. The number of hydrazone groups is 1. The maximum absolute atomic E-state index is 5.56. The van der Waals surface area contributed by atoms with Crippen LogP contribution in [0, 0.1) is 17.8 Å². The molecule has 2 aromatic rings. The molecule has 9 heteroatoms. The molecular formula is C33H50N7S2-.